The number of nitrogens with two attached hydrogens (primary N) is 1. The molecular formula is C10H15FN2O2S. The van der Waals surface area contributed by atoms with Crippen molar-refractivity contribution in [3.63, 3.8) is 0 Å². The molecule has 0 aliphatic carbocycles. The lowest BCUT2D eigenvalue weighted by Crippen LogP contribution is -2.30. The molecule has 0 amide bonds. The van der Waals surface area contributed by atoms with Gasteiger partial charge in [-0.25, -0.2) is 17.5 Å². The fourth-order valence-electron chi connectivity index (χ4n) is 1.26. The summed E-state index contributed by atoms with van der Waals surface area (Å²) >= 11 is 0. The number of nitrogens with one attached hydrogen (secondary N) is 1. The van der Waals surface area contributed by atoms with Gasteiger partial charge in [-0.15, -0.1) is 0 Å². The van der Waals surface area contributed by atoms with E-state index in [1.807, 2.05) is 0 Å². The Kier molecular flexibility index (Phi) is 4.01. The first-order valence-electron chi connectivity index (χ1n) is 4.87. The van der Waals surface area contributed by atoms with Gasteiger partial charge in [-0.1, -0.05) is 6.07 Å². The molecule has 1 aromatic rings. The maximum atomic E-state index is 13.5. The molecule has 0 aromatic heterocycles. The zero-order valence-electron chi connectivity index (χ0n) is 9.20. The van der Waals surface area contributed by atoms with Crippen LogP contribution >= 0.6 is 0 Å². The Balaban J connectivity index is 3.14. The second-order valence-corrected chi connectivity index (χ2v) is 5.43. The first kappa shape index (κ1) is 13.1. The van der Waals surface area contributed by atoms with E-state index in [2.05, 4.69) is 4.72 Å². The number of hydrogen-bond acceptors (Lipinski definition) is 3. The van der Waals surface area contributed by atoms with E-state index < -0.39 is 15.8 Å². The number of hydrogen-bond donors (Lipinski definition) is 2. The lowest BCUT2D eigenvalue weighted by atomic mass is 10.2. The van der Waals surface area contributed by atoms with Crippen molar-refractivity contribution in [1.29, 1.82) is 0 Å². The average Bonchev–Trinajstić information content (AvgIpc) is 2.14. The van der Waals surface area contributed by atoms with Gasteiger partial charge in [-0.2, -0.15) is 0 Å². The SMILES string of the molecule is CC(C)NS(=O)(=O)c1ccc(CN)cc1F. The van der Waals surface area contributed by atoms with Crippen LogP contribution in [0.2, 0.25) is 0 Å². The predicted molar refractivity (Wildman–Crippen MR) is 59.7 cm³/mol. The minimum absolute atomic E-state index is 0.175. The van der Waals surface area contributed by atoms with Gasteiger partial charge in [0, 0.05) is 12.6 Å². The maximum Gasteiger partial charge on any atom is 0.243 e. The molecule has 0 unspecified atom stereocenters. The van der Waals surface area contributed by atoms with Crippen LogP contribution in [0.1, 0.15) is 19.4 Å². The molecule has 0 saturated carbocycles. The summed E-state index contributed by atoms with van der Waals surface area (Å²) in [5.74, 6) is -0.781. The molecular weight excluding hydrogens is 231 g/mol. The van der Waals surface area contributed by atoms with Crippen LogP contribution in [-0.2, 0) is 16.6 Å². The number of sulfonamides is 1. The zero-order chi connectivity index (χ0) is 12.3. The summed E-state index contributed by atoms with van der Waals surface area (Å²) in [5, 5.41) is 0. The summed E-state index contributed by atoms with van der Waals surface area (Å²) in [6.45, 7) is 3.52. The van der Waals surface area contributed by atoms with Gasteiger partial charge in [0.15, 0.2) is 0 Å². The lowest BCUT2D eigenvalue weighted by Gasteiger charge is -2.10. The molecule has 4 nitrogen and oxygen atoms in total. The Hall–Kier alpha value is -0.980. The summed E-state index contributed by atoms with van der Waals surface area (Å²) in [6.07, 6.45) is 0. The van der Waals surface area contributed by atoms with E-state index in [4.69, 9.17) is 5.73 Å². The van der Waals surface area contributed by atoms with E-state index in [0.717, 1.165) is 6.07 Å². The first-order valence-corrected chi connectivity index (χ1v) is 6.36. The summed E-state index contributed by atoms with van der Waals surface area (Å²) in [5.41, 5.74) is 5.88. The largest absolute Gasteiger partial charge is 0.326 e. The van der Waals surface area contributed by atoms with Gasteiger partial charge in [0.1, 0.15) is 10.7 Å². The van der Waals surface area contributed by atoms with E-state index >= 15 is 0 Å². The van der Waals surface area contributed by atoms with Crippen molar-refractivity contribution in [2.24, 2.45) is 5.73 Å². The molecule has 1 aromatic carbocycles. The molecule has 6 heteroatoms. The summed E-state index contributed by atoms with van der Waals surface area (Å²) < 4.78 is 39.2. The third-order valence-electron chi connectivity index (χ3n) is 1.91. The molecule has 0 heterocycles. The zero-order valence-corrected chi connectivity index (χ0v) is 10.0. The third kappa shape index (κ3) is 3.01. The summed E-state index contributed by atoms with van der Waals surface area (Å²) in [6, 6.07) is 3.58. The van der Waals surface area contributed by atoms with Gasteiger partial charge >= 0.3 is 0 Å². The normalized spacial score (nSPS) is 12.1. The molecule has 1 rings (SSSR count). The molecule has 0 bridgehead atoms. The Labute approximate surface area is 94.7 Å². The van der Waals surface area contributed by atoms with Crippen LogP contribution in [0.5, 0.6) is 0 Å². The Morgan fingerprint density at radius 1 is 1.44 bits per heavy atom. The van der Waals surface area contributed by atoms with Gasteiger partial charge < -0.3 is 5.73 Å². The highest BCUT2D eigenvalue weighted by molar-refractivity contribution is 7.89. The highest BCUT2D eigenvalue weighted by Gasteiger charge is 2.19. The molecule has 90 valence electrons. The van der Waals surface area contributed by atoms with Crippen molar-refractivity contribution in [3.8, 4) is 0 Å². The highest BCUT2D eigenvalue weighted by atomic mass is 32.2. The number of benzene rings is 1. The quantitative estimate of drug-likeness (QED) is 0.831. The number of rotatable bonds is 4. The van der Waals surface area contributed by atoms with E-state index in [0.29, 0.717) is 5.56 Å². The van der Waals surface area contributed by atoms with Gasteiger partial charge in [-0.3, -0.25) is 0 Å². The molecule has 0 aliphatic heterocycles. The van der Waals surface area contributed by atoms with Gasteiger partial charge in [-0.05, 0) is 31.5 Å². The molecule has 0 saturated heterocycles. The van der Waals surface area contributed by atoms with E-state index in [-0.39, 0.29) is 17.5 Å². The molecule has 0 radical (unpaired) electrons. The monoisotopic (exact) mass is 246 g/mol. The van der Waals surface area contributed by atoms with Crippen molar-refractivity contribution in [2.45, 2.75) is 31.3 Å². The van der Waals surface area contributed by atoms with Crippen LogP contribution in [0.25, 0.3) is 0 Å². The Morgan fingerprint density at radius 3 is 2.50 bits per heavy atom. The summed E-state index contributed by atoms with van der Waals surface area (Å²) in [7, 11) is -3.78. The van der Waals surface area contributed by atoms with Crippen LogP contribution in [0.15, 0.2) is 23.1 Å². The number of halogens is 1. The Morgan fingerprint density at radius 2 is 2.06 bits per heavy atom. The smallest absolute Gasteiger partial charge is 0.243 e. The minimum atomic E-state index is -3.78. The van der Waals surface area contributed by atoms with Crippen LogP contribution in [-0.4, -0.2) is 14.5 Å². The lowest BCUT2D eigenvalue weighted by molar-refractivity contribution is 0.548. The second-order valence-electron chi connectivity index (χ2n) is 3.74. The van der Waals surface area contributed by atoms with Gasteiger partial charge in [0.25, 0.3) is 0 Å². The molecule has 0 atom stereocenters. The van der Waals surface area contributed by atoms with Crippen LogP contribution in [0.3, 0.4) is 0 Å². The molecule has 0 spiro atoms. The first-order chi connectivity index (χ1) is 7.36. The van der Waals surface area contributed by atoms with Crippen LogP contribution in [0.4, 0.5) is 4.39 Å². The van der Waals surface area contributed by atoms with Crippen LogP contribution in [0, 0.1) is 5.82 Å². The van der Waals surface area contributed by atoms with Crippen molar-refractivity contribution in [1.82, 2.24) is 4.72 Å². The summed E-state index contributed by atoms with van der Waals surface area (Å²) in [4.78, 5) is -0.349. The van der Waals surface area contributed by atoms with Gasteiger partial charge in [0.2, 0.25) is 10.0 Å². The fourth-order valence-corrected chi connectivity index (χ4v) is 2.57. The van der Waals surface area contributed by atoms with E-state index in [1.165, 1.54) is 12.1 Å². The minimum Gasteiger partial charge on any atom is -0.326 e. The molecule has 3 N–H and O–H groups in total. The third-order valence-corrected chi connectivity index (χ3v) is 3.60. The van der Waals surface area contributed by atoms with E-state index in [9.17, 15) is 12.8 Å². The average molecular weight is 246 g/mol. The van der Waals surface area contributed by atoms with Crippen molar-refractivity contribution < 1.29 is 12.8 Å². The highest BCUT2D eigenvalue weighted by Crippen LogP contribution is 2.16. The Bertz CT molecular complexity index is 472. The maximum absolute atomic E-state index is 13.5. The van der Waals surface area contributed by atoms with Crippen LogP contribution < -0.4 is 10.5 Å². The standard InChI is InChI=1S/C10H15FN2O2S/c1-7(2)13-16(14,15)10-4-3-8(6-12)5-9(10)11/h3-5,7,13H,6,12H2,1-2H3. The van der Waals surface area contributed by atoms with E-state index in [1.54, 1.807) is 13.8 Å². The van der Waals surface area contributed by atoms with Crippen molar-refractivity contribution >= 4 is 10.0 Å². The van der Waals surface area contributed by atoms with Gasteiger partial charge in [0.05, 0.1) is 0 Å². The van der Waals surface area contributed by atoms with Crippen molar-refractivity contribution in [3.05, 3.63) is 29.6 Å². The fraction of sp³-hybridized carbons (Fsp3) is 0.400. The van der Waals surface area contributed by atoms with Crippen molar-refractivity contribution in [2.75, 3.05) is 0 Å². The second kappa shape index (κ2) is 4.90. The molecule has 16 heavy (non-hydrogen) atoms. The molecule has 0 aliphatic rings. The predicted octanol–water partition coefficient (Wildman–Crippen LogP) is 0.971. The molecule has 0 fully saturated rings. The topological polar surface area (TPSA) is 72.2 Å².